The van der Waals surface area contributed by atoms with Gasteiger partial charge < -0.3 is 9.64 Å². The molecule has 0 aliphatic carbocycles. The molecule has 6 heteroatoms. The molecule has 1 aliphatic heterocycles. The summed E-state index contributed by atoms with van der Waals surface area (Å²) in [6.45, 7) is 1.81. The Morgan fingerprint density at radius 2 is 2.07 bits per heavy atom. The maximum absolute atomic E-state index is 13.0. The molecule has 0 spiro atoms. The van der Waals surface area contributed by atoms with E-state index in [9.17, 15) is 4.79 Å². The third-order valence-electron chi connectivity index (χ3n) is 4.83. The lowest BCUT2D eigenvalue weighted by Gasteiger charge is -2.32. The largest absolute Gasteiger partial charge is 0.370 e. The summed E-state index contributed by atoms with van der Waals surface area (Å²) in [6, 6.07) is 13.3. The molecule has 0 N–H and O–H groups in total. The van der Waals surface area contributed by atoms with Crippen LogP contribution < -0.4 is 0 Å². The summed E-state index contributed by atoms with van der Waals surface area (Å²) < 4.78 is 6.00. The van der Waals surface area contributed by atoms with Gasteiger partial charge >= 0.3 is 0 Å². The molecule has 1 atom stereocenters. The standard InChI is InChI=1S/C22H22N4O2/c27-22(18-6-3-5-17(13-18)21-14-23-10-11-25-21)26-12-4-8-20(15-26)28-16-19-7-1-2-9-24-19/h1-3,5-7,9-11,13-14,20H,4,8,12,15-16H2. The Morgan fingerprint density at radius 1 is 1.11 bits per heavy atom. The summed E-state index contributed by atoms with van der Waals surface area (Å²) in [5.41, 5.74) is 3.21. The quantitative estimate of drug-likeness (QED) is 0.685. The van der Waals surface area contributed by atoms with Crippen molar-refractivity contribution in [2.24, 2.45) is 0 Å². The first kappa shape index (κ1) is 18.3. The molecule has 0 radical (unpaired) electrons. The van der Waals surface area contributed by atoms with Gasteiger partial charge in [-0.1, -0.05) is 18.2 Å². The fourth-order valence-electron chi connectivity index (χ4n) is 3.39. The highest BCUT2D eigenvalue weighted by atomic mass is 16.5. The predicted molar refractivity (Wildman–Crippen MR) is 105 cm³/mol. The van der Waals surface area contributed by atoms with Crippen LogP contribution in [0.2, 0.25) is 0 Å². The fourth-order valence-corrected chi connectivity index (χ4v) is 3.39. The van der Waals surface area contributed by atoms with Crippen molar-refractivity contribution in [3.8, 4) is 11.3 Å². The summed E-state index contributed by atoms with van der Waals surface area (Å²) in [5.74, 6) is 0.0249. The number of rotatable bonds is 5. The summed E-state index contributed by atoms with van der Waals surface area (Å²) in [5, 5.41) is 0. The fraction of sp³-hybridized carbons (Fsp3) is 0.273. The lowest BCUT2D eigenvalue weighted by molar-refractivity contribution is -0.00785. The first-order valence-electron chi connectivity index (χ1n) is 9.47. The second-order valence-corrected chi connectivity index (χ2v) is 6.82. The first-order chi connectivity index (χ1) is 13.8. The van der Waals surface area contributed by atoms with Gasteiger partial charge in [0.2, 0.25) is 0 Å². The number of carbonyl (C=O) groups is 1. The van der Waals surface area contributed by atoms with Crippen LogP contribution in [0.4, 0.5) is 0 Å². The van der Waals surface area contributed by atoms with Crippen molar-refractivity contribution in [2.75, 3.05) is 13.1 Å². The van der Waals surface area contributed by atoms with E-state index in [2.05, 4.69) is 15.0 Å². The predicted octanol–water partition coefficient (Wildman–Crippen LogP) is 3.36. The van der Waals surface area contributed by atoms with Gasteiger partial charge in [-0.3, -0.25) is 19.7 Å². The highest BCUT2D eigenvalue weighted by Crippen LogP contribution is 2.21. The molecule has 4 rings (SSSR count). The summed E-state index contributed by atoms with van der Waals surface area (Å²) in [4.78, 5) is 27.6. The second kappa shape index (κ2) is 8.71. The van der Waals surface area contributed by atoms with Gasteiger partial charge in [0.25, 0.3) is 5.91 Å². The number of piperidine rings is 1. The van der Waals surface area contributed by atoms with Crippen molar-refractivity contribution in [2.45, 2.75) is 25.6 Å². The Morgan fingerprint density at radius 3 is 2.89 bits per heavy atom. The number of aromatic nitrogens is 3. The van der Waals surface area contributed by atoms with Crippen LogP contribution in [0.1, 0.15) is 28.9 Å². The van der Waals surface area contributed by atoms with Crippen LogP contribution in [0.5, 0.6) is 0 Å². The maximum Gasteiger partial charge on any atom is 0.253 e. The molecule has 28 heavy (non-hydrogen) atoms. The minimum atomic E-state index is 0.0249. The number of pyridine rings is 1. The van der Waals surface area contributed by atoms with Gasteiger partial charge in [0.05, 0.1) is 30.3 Å². The maximum atomic E-state index is 13.0. The van der Waals surface area contributed by atoms with E-state index in [0.29, 0.717) is 18.7 Å². The lowest BCUT2D eigenvalue weighted by Crippen LogP contribution is -2.43. The molecule has 3 heterocycles. The molecule has 1 saturated heterocycles. The molecule has 1 unspecified atom stereocenters. The van der Waals surface area contributed by atoms with Crippen molar-refractivity contribution < 1.29 is 9.53 Å². The molecule has 2 aromatic heterocycles. The van der Waals surface area contributed by atoms with E-state index in [1.165, 1.54) is 0 Å². The van der Waals surface area contributed by atoms with Gasteiger partial charge in [0.15, 0.2) is 0 Å². The molecule has 1 aliphatic rings. The van der Waals surface area contributed by atoms with E-state index in [1.54, 1.807) is 24.8 Å². The van der Waals surface area contributed by atoms with E-state index in [4.69, 9.17) is 4.74 Å². The number of likely N-dealkylation sites (tertiary alicyclic amines) is 1. The third-order valence-corrected chi connectivity index (χ3v) is 4.83. The Bertz CT molecular complexity index is 918. The first-order valence-corrected chi connectivity index (χ1v) is 9.47. The topological polar surface area (TPSA) is 68.2 Å². The summed E-state index contributed by atoms with van der Waals surface area (Å²) in [6.07, 6.45) is 8.67. The molecule has 0 saturated carbocycles. The zero-order valence-electron chi connectivity index (χ0n) is 15.6. The van der Waals surface area contributed by atoms with Crippen LogP contribution in [0.3, 0.4) is 0 Å². The Kier molecular flexibility index (Phi) is 5.68. The van der Waals surface area contributed by atoms with E-state index >= 15 is 0 Å². The van der Waals surface area contributed by atoms with Crippen LogP contribution in [-0.4, -0.2) is 45.0 Å². The van der Waals surface area contributed by atoms with Gasteiger partial charge in [-0.15, -0.1) is 0 Å². The zero-order valence-corrected chi connectivity index (χ0v) is 15.6. The molecule has 3 aromatic rings. The van der Waals surface area contributed by atoms with Gasteiger partial charge in [-0.2, -0.15) is 0 Å². The van der Waals surface area contributed by atoms with Crippen LogP contribution in [-0.2, 0) is 11.3 Å². The number of nitrogens with zero attached hydrogens (tertiary/aromatic N) is 4. The molecular formula is C22H22N4O2. The van der Waals surface area contributed by atoms with Crippen molar-refractivity contribution in [1.82, 2.24) is 19.9 Å². The van der Waals surface area contributed by atoms with Gasteiger partial charge in [0, 0.05) is 42.8 Å². The Hall–Kier alpha value is -3.12. The zero-order chi connectivity index (χ0) is 19.2. The van der Waals surface area contributed by atoms with E-state index in [0.717, 1.165) is 36.3 Å². The average Bonchev–Trinajstić information content (AvgIpc) is 2.79. The number of ether oxygens (including phenoxy) is 1. The van der Waals surface area contributed by atoms with Crippen LogP contribution in [0.15, 0.2) is 67.3 Å². The molecule has 1 fully saturated rings. The van der Waals surface area contributed by atoms with Crippen molar-refractivity contribution in [3.63, 3.8) is 0 Å². The number of carbonyl (C=O) groups excluding carboxylic acids is 1. The van der Waals surface area contributed by atoms with Crippen molar-refractivity contribution in [1.29, 1.82) is 0 Å². The van der Waals surface area contributed by atoms with Crippen molar-refractivity contribution >= 4 is 5.91 Å². The van der Waals surface area contributed by atoms with Gasteiger partial charge in [-0.25, -0.2) is 0 Å². The van der Waals surface area contributed by atoms with Gasteiger partial charge in [0.1, 0.15) is 0 Å². The Balaban J connectivity index is 1.41. The lowest BCUT2D eigenvalue weighted by atomic mass is 10.0. The van der Waals surface area contributed by atoms with Crippen molar-refractivity contribution in [3.05, 3.63) is 78.5 Å². The minimum Gasteiger partial charge on any atom is -0.370 e. The summed E-state index contributed by atoms with van der Waals surface area (Å²) in [7, 11) is 0. The average molecular weight is 374 g/mol. The highest BCUT2D eigenvalue weighted by Gasteiger charge is 2.25. The van der Waals surface area contributed by atoms with Gasteiger partial charge in [-0.05, 0) is 37.1 Å². The summed E-state index contributed by atoms with van der Waals surface area (Å²) >= 11 is 0. The Labute approximate surface area is 164 Å². The number of amides is 1. The van der Waals surface area contributed by atoms with Crippen LogP contribution in [0, 0.1) is 0 Å². The van der Waals surface area contributed by atoms with E-state index in [1.807, 2.05) is 47.4 Å². The molecule has 6 nitrogen and oxygen atoms in total. The van der Waals surface area contributed by atoms with Crippen LogP contribution >= 0.6 is 0 Å². The number of benzene rings is 1. The smallest absolute Gasteiger partial charge is 0.253 e. The third kappa shape index (κ3) is 4.40. The molecule has 0 bridgehead atoms. The monoisotopic (exact) mass is 374 g/mol. The molecular weight excluding hydrogens is 352 g/mol. The molecule has 142 valence electrons. The van der Waals surface area contributed by atoms with E-state index < -0.39 is 0 Å². The highest BCUT2D eigenvalue weighted by molar-refractivity contribution is 5.95. The SMILES string of the molecule is O=C(c1cccc(-c2cnccn2)c1)N1CCCC(OCc2ccccn2)C1. The second-order valence-electron chi connectivity index (χ2n) is 6.82. The number of hydrogen-bond acceptors (Lipinski definition) is 5. The molecule has 1 amide bonds. The molecule has 1 aromatic carbocycles. The minimum absolute atomic E-state index is 0.0249. The number of hydrogen-bond donors (Lipinski definition) is 0. The normalized spacial score (nSPS) is 16.7. The van der Waals surface area contributed by atoms with E-state index in [-0.39, 0.29) is 12.0 Å². The van der Waals surface area contributed by atoms with Crippen LogP contribution in [0.25, 0.3) is 11.3 Å².